The topological polar surface area (TPSA) is 85.0 Å². The van der Waals surface area contributed by atoms with Crippen LogP contribution in [0.15, 0.2) is 77.9 Å². The molecule has 7 nitrogen and oxygen atoms in total. The Morgan fingerprint density at radius 1 is 1.07 bits per heavy atom. The summed E-state index contributed by atoms with van der Waals surface area (Å²) in [7, 11) is 0. The van der Waals surface area contributed by atoms with E-state index in [2.05, 4.69) is 5.10 Å². The molecule has 29 heavy (non-hydrogen) atoms. The van der Waals surface area contributed by atoms with Crippen molar-refractivity contribution < 1.29 is 14.5 Å². The van der Waals surface area contributed by atoms with Gasteiger partial charge in [-0.15, -0.1) is 0 Å². The molecule has 0 radical (unpaired) electrons. The number of halogens is 1. The van der Waals surface area contributed by atoms with Gasteiger partial charge in [0.1, 0.15) is 5.75 Å². The quantitative estimate of drug-likeness (QED) is 0.451. The molecule has 3 aromatic rings. The molecule has 0 bridgehead atoms. The van der Waals surface area contributed by atoms with Crippen molar-refractivity contribution in [2.24, 2.45) is 5.10 Å². The molecular weight excluding hydrogens is 394 g/mol. The minimum absolute atomic E-state index is 0.0307. The number of nitrogens with zero attached hydrogens (tertiary/aromatic N) is 3. The van der Waals surface area contributed by atoms with Crippen molar-refractivity contribution in [3.63, 3.8) is 0 Å². The number of fused-ring (bicyclic) bond motifs is 1. The number of ether oxygens (including phenoxy) is 1. The number of rotatable bonds is 3. The number of nitro groups is 1. The highest BCUT2D eigenvalue weighted by molar-refractivity contribution is 6.31. The number of benzene rings is 3. The molecule has 1 aliphatic heterocycles. The Labute approximate surface area is 170 Å². The molecule has 0 spiro atoms. The van der Waals surface area contributed by atoms with Gasteiger partial charge in [-0.2, -0.15) is 10.1 Å². The van der Waals surface area contributed by atoms with Gasteiger partial charge < -0.3 is 4.74 Å². The highest BCUT2D eigenvalue weighted by Crippen LogP contribution is 2.27. The lowest BCUT2D eigenvalue weighted by atomic mass is 9.96. The Morgan fingerprint density at radius 3 is 2.48 bits per heavy atom. The Kier molecular flexibility index (Phi) is 4.97. The maximum Gasteiger partial charge on any atom is 0.436 e. The molecule has 1 amide bonds. The maximum absolute atomic E-state index is 12.6. The zero-order chi connectivity index (χ0) is 20.4. The molecule has 0 aliphatic carbocycles. The average molecular weight is 408 g/mol. The molecule has 1 heterocycles. The number of non-ortho nitro benzene ring substituents is 1. The molecule has 0 N–H and O–H groups in total. The number of carbonyl (C=O) groups is 1. The number of carbonyl (C=O) groups excluding carboxylic acids is 1. The Morgan fingerprint density at radius 2 is 1.79 bits per heavy atom. The zero-order valence-corrected chi connectivity index (χ0v) is 15.7. The van der Waals surface area contributed by atoms with Crippen LogP contribution in [0.25, 0.3) is 0 Å². The van der Waals surface area contributed by atoms with Crippen LogP contribution in [-0.2, 0) is 6.54 Å². The van der Waals surface area contributed by atoms with Crippen molar-refractivity contribution in [1.29, 1.82) is 0 Å². The largest absolute Gasteiger partial charge is 0.436 e. The van der Waals surface area contributed by atoms with Crippen LogP contribution in [0.1, 0.15) is 16.7 Å². The summed E-state index contributed by atoms with van der Waals surface area (Å²) >= 11 is 6.15. The summed E-state index contributed by atoms with van der Waals surface area (Å²) < 4.78 is 5.39. The predicted molar refractivity (Wildman–Crippen MR) is 108 cm³/mol. The van der Waals surface area contributed by atoms with E-state index in [9.17, 15) is 14.9 Å². The lowest BCUT2D eigenvalue weighted by Gasteiger charge is -2.25. The van der Waals surface area contributed by atoms with Crippen molar-refractivity contribution in [3.05, 3.63) is 105 Å². The fourth-order valence-corrected chi connectivity index (χ4v) is 3.15. The first-order valence-corrected chi connectivity index (χ1v) is 9.06. The second-order valence-electron chi connectivity index (χ2n) is 6.29. The fraction of sp³-hybridized carbons (Fsp3) is 0.0476. The van der Waals surface area contributed by atoms with E-state index in [1.807, 2.05) is 12.1 Å². The van der Waals surface area contributed by atoms with Crippen LogP contribution >= 0.6 is 11.6 Å². The Balaban J connectivity index is 1.72. The van der Waals surface area contributed by atoms with Gasteiger partial charge in [0.15, 0.2) is 0 Å². The smallest absolute Gasteiger partial charge is 0.409 e. The minimum atomic E-state index is -0.629. The predicted octanol–water partition coefficient (Wildman–Crippen LogP) is 5.02. The van der Waals surface area contributed by atoms with Crippen LogP contribution in [0.5, 0.6) is 5.75 Å². The van der Waals surface area contributed by atoms with Crippen LogP contribution in [0.4, 0.5) is 10.5 Å². The maximum atomic E-state index is 12.6. The molecule has 0 unspecified atom stereocenters. The number of hydrogen-bond donors (Lipinski definition) is 0. The molecule has 0 aromatic heterocycles. The number of amides is 1. The van der Waals surface area contributed by atoms with Gasteiger partial charge in [0.05, 0.1) is 17.2 Å². The molecule has 0 atom stereocenters. The molecule has 144 valence electrons. The van der Waals surface area contributed by atoms with Crippen LogP contribution in [-0.4, -0.2) is 21.7 Å². The molecule has 0 saturated carbocycles. The fourth-order valence-electron chi connectivity index (χ4n) is 2.98. The number of hydrazone groups is 1. The van der Waals surface area contributed by atoms with Crippen LogP contribution in [0.3, 0.4) is 0 Å². The number of para-hydroxylation sites is 1. The molecule has 8 heteroatoms. The Hall–Kier alpha value is -3.71. The highest BCUT2D eigenvalue weighted by atomic mass is 35.5. The first kappa shape index (κ1) is 18.6. The monoisotopic (exact) mass is 407 g/mol. The third-order valence-corrected chi connectivity index (χ3v) is 4.61. The van der Waals surface area contributed by atoms with Crippen molar-refractivity contribution in [2.45, 2.75) is 6.54 Å². The summed E-state index contributed by atoms with van der Waals surface area (Å²) in [6.45, 7) is 0.217. The van der Waals surface area contributed by atoms with Gasteiger partial charge in [0.25, 0.3) is 5.69 Å². The minimum Gasteiger partial charge on any atom is -0.409 e. The molecule has 0 saturated heterocycles. The normalized spacial score (nSPS) is 12.7. The third kappa shape index (κ3) is 3.95. The van der Waals surface area contributed by atoms with Crippen molar-refractivity contribution in [1.82, 2.24) is 5.01 Å². The summed E-state index contributed by atoms with van der Waals surface area (Å²) in [4.78, 5) is 23.1. The van der Waals surface area contributed by atoms with Gasteiger partial charge in [0.2, 0.25) is 0 Å². The summed E-state index contributed by atoms with van der Waals surface area (Å²) in [5.74, 6) is 0.409. The lowest BCUT2D eigenvalue weighted by Crippen LogP contribution is -2.33. The van der Waals surface area contributed by atoms with Gasteiger partial charge in [-0.1, -0.05) is 35.9 Å². The Bertz CT molecular complexity index is 1110. The summed E-state index contributed by atoms with van der Waals surface area (Å²) in [5.41, 5.74) is 2.67. The van der Waals surface area contributed by atoms with E-state index in [1.54, 1.807) is 48.5 Å². The summed E-state index contributed by atoms with van der Waals surface area (Å²) in [6.07, 6.45) is -0.629. The van der Waals surface area contributed by atoms with E-state index in [1.165, 1.54) is 17.1 Å². The van der Waals surface area contributed by atoms with E-state index < -0.39 is 11.0 Å². The molecular formula is C21H14ClN3O4. The van der Waals surface area contributed by atoms with Crippen LogP contribution in [0.2, 0.25) is 5.02 Å². The second-order valence-corrected chi connectivity index (χ2v) is 6.73. The average Bonchev–Trinajstić information content (AvgIpc) is 2.73. The van der Waals surface area contributed by atoms with Crippen molar-refractivity contribution in [2.75, 3.05) is 0 Å². The zero-order valence-electron chi connectivity index (χ0n) is 15.0. The van der Waals surface area contributed by atoms with Gasteiger partial charge >= 0.3 is 6.09 Å². The van der Waals surface area contributed by atoms with Crippen molar-refractivity contribution in [3.8, 4) is 5.75 Å². The first-order valence-electron chi connectivity index (χ1n) is 8.68. The van der Waals surface area contributed by atoms with E-state index in [0.29, 0.717) is 22.0 Å². The van der Waals surface area contributed by atoms with Crippen LogP contribution < -0.4 is 4.74 Å². The van der Waals surface area contributed by atoms with Crippen LogP contribution in [0, 0.1) is 10.1 Å². The van der Waals surface area contributed by atoms with Crippen molar-refractivity contribution >= 4 is 29.1 Å². The number of nitro benzene ring substituents is 1. The van der Waals surface area contributed by atoms with Gasteiger partial charge in [-0.05, 0) is 42.0 Å². The standard InChI is InChI=1S/C21H14ClN3O4/c22-16-9-6-15-13-24(21(26)29-18-4-2-1-3-5-18)23-20(19(15)12-16)14-7-10-17(11-8-14)25(27)28/h1-12H,13H2. The van der Waals surface area contributed by atoms with E-state index in [0.717, 1.165) is 11.1 Å². The second kappa shape index (κ2) is 7.73. The molecule has 3 aromatic carbocycles. The highest BCUT2D eigenvalue weighted by Gasteiger charge is 2.26. The van der Waals surface area contributed by atoms with E-state index >= 15 is 0 Å². The van der Waals surface area contributed by atoms with Gasteiger partial charge in [-0.25, -0.2) is 4.79 Å². The molecule has 0 fully saturated rings. The van der Waals surface area contributed by atoms with Gasteiger partial charge in [0, 0.05) is 28.3 Å². The van der Waals surface area contributed by atoms with Gasteiger partial charge in [-0.3, -0.25) is 10.1 Å². The van der Waals surface area contributed by atoms with E-state index in [-0.39, 0.29) is 12.2 Å². The third-order valence-electron chi connectivity index (χ3n) is 4.38. The lowest BCUT2D eigenvalue weighted by molar-refractivity contribution is -0.384. The van der Waals surface area contributed by atoms with E-state index in [4.69, 9.17) is 16.3 Å². The first-order chi connectivity index (χ1) is 14.0. The summed E-state index contributed by atoms with van der Waals surface area (Å²) in [5, 5.41) is 17.1. The number of hydrogen-bond acceptors (Lipinski definition) is 5. The molecule has 1 aliphatic rings. The molecule has 4 rings (SSSR count). The summed E-state index contributed by atoms with van der Waals surface area (Å²) in [6, 6.07) is 20.0. The SMILES string of the molecule is O=C(Oc1ccccc1)N1Cc2ccc(Cl)cc2C(c2ccc([N+](=O)[O-])cc2)=N1.